The summed E-state index contributed by atoms with van der Waals surface area (Å²) < 4.78 is 19.3. The highest BCUT2D eigenvalue weighted by atomic mass is 35.5. The van der Waals surface area contributed by atoms with Crippen molar-refractivity contribution in [1.29, 1.82) is 0 Å². The fraction of sp³-hybridized carbons (Fsp3) is 0.250. The number of ether oxygens (including phenoxy) is 1. The molecule has 20 heavy (non-hydrogen) atoms. The third-order valence-electron chi connectivity index (χ3n) is 3.27. The van der Waals surface area contributed by atoms with E-state index >= 15 is 0 Å². The maximum Gasteiger partial charge on any atom is 0.169 e. The Morgan fingerprint density at radius 1 is 1.25 bits per heavy atom. The van der Waals surface area contributed by atoms with Gasteiger partial charge in [0.05, 0.1) is 7.11 Å². The van der Waals surface area contributed by atoms with Crippen molar-refractivity contribution < 1.29 is 9.13 Å². The minimum Gasteiger partial charge on any atom is -0.494 e. The Balaban J connectivity index is 2.29. The number of hydrogen-bond acceptors (Lipinski definition) is 2. The summed E-state index contributed by atoms with van der Waals surface area (Å²) in [5.41, 5.74) is 1.64. The quantitative estimate of drug-likeness (QED) is 0.900. The van der Waals surface area contributed by atoms with Crippen molar-refractivity contribution in [2.45, 2.75) is 12.5 Å². The van der Waals surface area contributed by atoms with Gasteiger partial charge in [-0.15, -0.1) is 0 Å². The van der Waals surface area contributed by atoms with E-state index in [0.29, 0.717) is 17.0 Å². The molecule has 106 valence electrons. The number of halogens is 2. The summed E-state index contributed by atoms with van der Waals surface area (Å²) in [4.78, 5) is 0. The van der Waals surface area contributed by atoms with E-state index in [9.17, 15) is 4.39 Å². The molecule has 4 heteroatoms. The van der Waals surface area contributed by atoms with Crippen LogP contribution < -0.4 is 10.1 Å². The molecule has 0 amide bonds. The number of nitrogens with one attached hydrogen (secondary N) is 1. The number of methoxy groups -OCH3 is 1. The standard InChI is InChI=1S/C16H17ClFNO/c1-19-14(10-11-5-3-6-12(17)9-11)13-7-4-8-15(20-2)16(13)18/h3-9,14,19H,10H2,1-2H3. The molecule has 2 aromatic rings. The highest BCUT2D eigenvalue weighted by molar-refractivity contribution is 6.30. The van der Waals surface area contributed by atoms with Gasteiger partial charge in [-0.1, -0.05) is 35.9 Å². The zero-order chi connectivity index (χ0) is 14.5. The Morgan fingerprint density at radius 3 is 2.65 bits per heavy atom. The van der Waals surface area contributed by atoms with E-state index in [0.717, 1.165) is 5.56 Å². The van der Waals surface area contributed by atoms with Gasteiger partial charge in [0.25, 0.3) is 0 Å². The first-order chi connectivity index (χ1) is 9.65. The molecule has 0 aromatic heterocycles. The van der Waals surface area contributed by atoms with Gasteiger partial charge in [-0.3, -0.25) is 0 Å². The number of hydrogen-bond donors (Lipinski definition) is 1. The molecular weight excluding hydrogens is 277 g/mol. The normalized spacial score (nSPS) is 12.2. The first kappa shape index (κ1) is 14.8. The van der Waals surface area contributed by atoms with Crippen LogP contribution in [0.3, 0.4) is 0 Å². The molecule has 2 nitrogen and oxygen atoms in total. The Morgan fingerprint density at radius 2 is 2.00 bits per heavy atom. The van der Waals surface area contributed by atoms with Gasteiger partial charge in [-0.05, 0) is 37.2 Å². The fourth-order valence-electron chi connectivity index (χ4n) is 2.22. The van der Waals surface area contributed by atoms with E-state index in [4.69, 9.17) is 16.3 Å². The van der Waals surface area contributed by atoms with Gasteiger partial charge in [-0.2, -0.15) is 0 Å². The van der Waals surface area contributed by atoms with Gasteiger partial charge >= 0.3 is 0 Å². The van der Waals surface area contributed by atoms with E-state index < -0.39 is 0 Å². The van der Waals surface area contributed by atoms with Crippen molar-refractivity contribution in [2.24, 2.45) is 0 Å². The molecule has 0 aliphatic rings. The molecule has 1 unspecified atom stereocenters. The molecule has 2 aromatic carbocycles. The molecule has 0 bridgehead atoms. The van der Waals surface area contributed by atoms with E-state index in [1.165, 1.54) is 7.11 Å². The first-order valence-electron chi connectivity index (χ1n) is 6.39. The van der Waals surface area contributed by atoms with Crippen LogP contribution in [-0.2, 0) is 6.42 Å². The zero-order valence-corrected chi connectivity index (χ0v) is 12.2. The van der Waals surface area contributed by atoms with Gasteiger partial charge in [0.15, 0.2) is 11.6 Å². The fourth-order valence-corrected chi connectivity index (χ4v) is 2.43. The van der Waals surface area contributed by atoms with Gasteiger partial charge in [0.1, 0.15) is 0 Å². The molecule has 1 atom stereocenters. The smallest absolute Gasteiger partial charge is 0.169 e. The van der Waals surface area contributed by atoms with E-state index in [1.54, 1.807) is 18.2 Å². The predicted molar refractivity (Wildman–Crippen MR) is 79.9 cm³/mol. The van der Waals surface area contributed by atoms with Crippen molar-refractivity contribution in [3.05, 3.63) is 64.4 Å². The van der Waals surface area contributed by atoms with Crippen molar-refractivity contribution in [2.75, 3.05) is 14.2 Å². The van der Waals surface area contributed by atoms with Crippen LogP contribution in [0.15, 0.2) is 42.5 Å². The second kappa shape index (κ2) is 6.73. The molecule has 0 saturated carbocycles. The van der Waals surface area contributed by atoms with Crippen LogP contribution in [0.4, 0.5) is 4.39 Å². The summed E-state index contributed by atoms with van der Waals surface area (Å²) in [6.45, 7) is 0. The van der Waals surface area contributed by atoms with Crippen molar-refractivity contribution in [3.63, 3.8) is 0 Å². The summed E-state index contributed by atoms with van der Waals surface area (Å²) in [7, 11) is 3.28. The van der Waals surface area contributed by atoms with Crippen LogP contribution in [0.1, 0.15) is 17.2 Å². The minimum atomic E-state index is -0.323. The average Bonchev–Trinajstić information content (AvgIpc) is 2.45. The highest BCUT2D eigenvalue weighted by Gasteiger charge is 2.17. The predicted octanol–water partition coefficient (Wildman–Crippen LogP) is 3.99. The second-order valence-corrected chi connectivity index (χ2v) is 4.98. The third kappa shape index (κ3) is 3.30. The Labute approximate surface area is 123 Å². The second-order valence-electron chi connectivity index (χ2n) is 4.54. The number of likely N-dealkylation sites (N-methyl/N-ethyl adjacent to an activating group) is 1. The zero-order valence-electron chi connectivity index (χ0n) is 11.5. The lowest BCUT2D eigenvalue weighted by Crippen LogP contribution is -2.20. The topological polar surface area (TPSA) is 21.3 Å². The maximum absolute atomic E-state index is 14.3. The SMILES string of the molecule is CNC(Cc1cccc(Cl)c1)c1cccc(OC)c1F. The Bertz CT molecular complexity index is 588. The lowest BCUT2D eigenvalue weighted by atomic mass is 9.98. The van der Waals surface area contributed by atoms with Crippen LogP contribution in [0.25, 0.3) is 0 Å². The summed E-state index contributed by atoms with van der Waals surface area (Å²) in [6.07, 6.45) is 0.654. The third-order valence-corrected chi connectivity index (χ3v) is 3.50. The Kier molecular flexibility index (Phi) is 4.99. The van der Waals surface area contributed by atoms with Crippen molar-refractivity contribution in [1.82, 2.24) is 5.32 Å². The van der Waals surface area contributed by atoms with Crippen LogP contribution in [-0.4, -0.2) is 14.2 Å². The van der Waals surface area contributed by atoms with Gasteiger partial charge < -0.3 is 10.1 Å². The van der Waals surface area contributed by atoms with Crippen LogP contribution in [0, 0.1) is 5.82 Å². The van der Waals surface area contributed by atoms with Crippen molar-refractivity contribution >= 4 is 11.6 Å². The van der Waals surface area contributed by atoms with Gasteiger partial charge in [0, 0.05) is 16.6 Å². The molecule has 0 fully saturated rings. The van der Waals surface area contributed by atoms with E-state index in [2.05, 4.69) is 5.32 Å². The largest absolute Gasteiger partial charge is 0.494 e. The van der Waals surface area contributed by atoms with Crippen LogP contribution >= 0.6 is 11.6 Å². The molecule has 0 aliphatic carbocycles. The maximum atomic E-state index is 14.3. The van der Waals surface area contributed by atoms with Crippen LogP contribution in [0.2, 0.25) is 5.02 Å². The molecule has 0 heterocycles. The summed E-state index contributed by atoms with van der Waals surface area (Å²) in [5, 5.41) is 3.82. The molecule has 0 spiro atoms. The highest BCUT2D eigenvalue weighted by Crippen LogP contribution is 2.27. The summed E-state index contributed by atoms with van der Waals surface area (Å²) in [6, 6.07) is 12.6. The van der Waals surface area contributed by atoms with Gasteiger partial charge in [-0.25, -0.2) is 4.39 Å². The lowest BCUT2D eigenvalue weighted by Gasteiger charge is -2.18. The monoisotopic (exact) mass is 293 g/mol. The average molecular weight is 294 g/mol. The van der Waals surface area contributed by atoms with Crippen LogP contribution in [0.5, 0.6) is 5.75 Å². The molecule has 0 aliphatic heterocycles. The molecule has 0 radical (unpaired) electrons. The number of rotatable bonds is 5. The summed E-state index contributed by atoms with van der Waals surface area (Å²) in [5.74, 6) is -0.0646. The minimum absolute atomic E-state index is 0.136. The summed E-state index contributed by atoms with van der Waals surface area (Å²) >= 11 is 5.98. The van der Waals surface area contributed by atoms with E-state index in [1.807, 2.05) is 31.3 Å². The van der Waals surface area contributed by atoms with Crippen molar-refractivity contribution in [3.8, 4) is 5.75 Å². The molecule has 0 saturated heterocycles. The molecular formula is C16H17ClFNO. The van der Waals surface area contributed by atoms with Gasteiger partial charge in [0.2, 0.25) is 0 Å². The number of benzene rings is 2. The van der Waals surface area contributed by atoms with E-state index in [-0.39, 0.29) is 17.6 Å². The Hall–Kier alpha value is -1.58. The molecule has 2 rings (SSSR count). The lowest BCUT2D eigenvalue weighted by molar-refractivity contribution is 0.380. The first-order valence-corrected chi connectivity index (χ1v) is 6.77. The molecule has 1 N–H and O–H groups in total.